The van der Waals surface area contributed by atoms with Gasteiger partial charge in [-0.25, -0.2) is 0 Å². The first-order valence-electron chi connectivity index (χ1n) is 5.68. The highest BCUT2D eigenvalue weighted by molar-refractivity contribution is 5.96. The number of fused-ring (bicyclic) bond motifs is 3. The number of carbonyl (C=O) groups is 1. The number of amides is 1. The standard InChI is InChI=1S/C12H14N2O3/c1-6-4-8-12(17-10(5-13)16-8)7-2-3-9(15)14-11(6)7/h4,10H,2-3,5,13H2,1H3,(H,14,15). The van der Waals surface area contributed by atoms with Crippen molar-refractivity contribution in [1.82, 2.24) is 0 Å². The van der Waals surface area contributed by atoms with E-state index in [-0.39, 0.29) is 5.91 Å². The van der Waals surface area contributed by atoms with Crippen molar-refractivity contribution in [3.05, 3.63) is 17.2 Å². The maximum Gasteiger partial charge on any atom is 0.253 e. The first-order valence-corrected chi connectivity index (χ1v) is 5.68. The topological polar surface area (TPSA) is 73.6 Å². The molecule has 1 unspecified atom stereocenters. The molecule has 17 heavy (non-hydrogen) atoms. The molecular formula is C12H14N2O3. The molecule has 0 saturated heterocycles. The lowest BCUT2D eigenvalue weighted by molar-refractivity contribution is -0.116. The zero-order valence-electron chi connectivity index (χ0n) is 9.58. The molecule has 3 rings (SSSR count). The van der Waals surface area contributed by atoms with Crippen molar-refractivity contribution < 1.29 is 14.3 Å². The Balaban J connectivity index is 2.09. The van der Waals surface area contributed by atoms with E-state index >= 15 is 0 Å². The highest BCUT2D eigenvalue weighted by Gasteiger charge is 2.31. The minimum Gasteiger partial charge on any atom is -0.450 e. The Hall–Kier alpha value is -1.75. The van der Waals surface area contributed by atoms with Gasteiger partial charge in [0, 0.05) is 12.0 Å². The summed E-state index contributed by atoms with van der Waals surface area (Å²) in [6.07, 6.45) is 0.763. The quantitative estimate of drug-likeness (QED) is 0.758. The van der Waals surface area contributed by atoms with Crippen LogP contribution in [0.4, 0.5) is 5.69 Å². The van der Waals surface area contributed by atoms with Gasteiger partial charge in [0.05, 0.1) is 12.2 Å². The summed E-state index contributed by atoms with van der Waals surface area (Å²) >= 11 is 0. The van der Waals surface area contributed by atoms with Crippen LogP contribution in [0.25, 0.3) is 0 Å². The molecule has 2 aliphatic heterocycles. The minimum absolute atomic E-state index is 0.0508. The third-order valence-electron chi connectivity index (χ3n) is 3.11. The Labute approximate surface area is 98.9 Å². The minimum atomic E-state index is -0.409. The Morgan fingerprint density at radius 3 is 3.06 bits per heavy atom. The summed E-state index contributed by atoms with van der Waals surface area (Å²) in [5.41, 5.74) is 8.41. The smallest absolute Gasteiger partial charge is 0.253 e. The summed E-state index contributed by atoms with van der Waals surface area (Å²) < 4.78 is 11.2. The van der Waals surface area contributed by atoms with Gasteiger partial charge in [-0.1, -0.05) is 0 Å². The lowest BCUT2D eigenvalue weighted by Gasteiger charge is -2.20. The Morgan fingerprint density at radius 2 is 2.29 bits per heavy atom. The lowest BCUT2D eigenvalue weighted by atomic mass is 9.98. The molecule has 0 aliphatic carbocycles. The van der Waals surface area contributed by atoms with Crippen LogP contribution in [0.2, 0.25) is 0 Å². The van der Waals surface area contributed by atoms with Crippen molar-refractivity contribution in [1.29, 1.82) is 0 Å². The van der Waals surface area contributed by atoms with Crippen LogP contribution in [0, 0.1) is 6.92 Å². The van der Waals surface area contributed by atoms with Crippen molar-refractivity contribution in [3.8, 4) is 11.5 Å². The number of anilines is 1. The van der Waals surface area contributed by atoms with Gasteiger partial charge in [0.1, 0.15) is 0 Å². The van der Waals surface area contributed by atoms with Crippen LogP contribution < -0.4 is 20.5 Å². The van der Waals surface area contributed by atoms with E-state index in [1.807, 2.05) is 13.0 Å². The normalized spacial score (nSPS) is 21.1. The molecule has 0 aromatic heterocycles. The first-order chi connectivity index (χ1) is 8.19. The second-order valence-electron chi connectivity index (χ2n) is 4.32. The van der Waals surface area contributed by atoms with Crippen LogP contribution in [-0.4, -0.2) is 18.7 Å². The summed E-state index contributed by atoms with van der Waals surface area (Å²) in [4.78, 5) is 11.4. The Morgan fingerprint density at radius 1 is 1.47 bits per heavy atom. The van der Waals surface area contributed by atoms with E-state index in [1.54, 1.807) is 0 Å². The lowest BCUT2D eigenvalue weighted by Crippen LogP contribution is -2.28. The summed E-state index contributed by atoms with van der Waals surface area (Å²) in [6.45, 7) is 2.26. The fraction of sp³-hybridized carbons (Fsp3) is 0.417. The van der Waals surface area contributed by atoms with Gasteiger partial charge in [-0.15, -0.1) is 0 Å². The number of nitrogens with one attached hydrogen (secondary N) is 1. The summed E-state index contributed by atoms with van der Waals surface area (Å²) in [7, 11) is 0. The maximum absolute atomic E-state index is 11.4. The van der Waals surface area contributed by atoms with Gasteiger partial charge in [0.15, 0.2) is 11.5 Å². The fourth-order valence-corrected chi connectivity index (χ4v) is 2.30. The third kappa shape index (κ3) is 1.54. The van der Waals surface area contributed by atoms with E-state index in [1.165, 1.54) is 0 Å². The van der Waals surface area contributed by atoms with Crippen molar-refractivity contribution in [2.75, 3.05) is 11.9 Å². The molecule has 2 heterocycles. The molecule has 5 nitrogen and oxygen atoms in total. The molecule has 0 spiro atoms. The van der Waals surface area contributed by atoms with E-state index in [0.717, 1.165) is 28.3 Å². The van der Waals surface area contributed by atoms with E-state index in [9.17, 15) is 4.79 Å². The molecule has 5 heteroatoms. The van der Waals surface area contributed by atoms with Gasteiger partial charge in [-0.2, -0.15) is 0 Å². The highest BCUT2D eigenvalue weighted by atomic mass is 16.7. The molecule has 3 N–H and O–H groups in total. The van der Waals surface area contributed by atoms with Crippen LogP contribution in [-0.2, 0) is 11.2 Å². The third-order valence-corrected chi connectivity index (χ3v) is 3.11. The van der Waals surface area contributed by atoms with Gasteiger partial charge < -0.3 is 20.5 Å². The molecule has 1 aromatic carbocycles. The van der Waals surface area contributed by atoms with Crippen molar-refractivity contribution in [3.63, 3.8) is 0 Å². The molecule has 0 fully saturated rings. The van der Waals surface area contributed by atoms with Crippen molar-refractivity contribution in [2.45, 2.75) is 26.1 Å². The molecule has 2 aliphatic rings. The van der Waals surface area contributed by atoms with Crippen molar-refractivity contribution in [2.24, 2.45) is 5.73 Å². The zero-order chi connectivity index (χ0) is 12.0. The Kier molecular flexibility index (Phi) is 2.22. The first kappa shape index (κ1) is 10.4. The number of rotatable bonds is 1. The molecule has 0 radical (unpaired) electrons. The number of hydrogen-bond donors (Lipinski definition) is 2. The number of aryl methyl sites for hydroxylation is 1. The van der Waals surface area contributed by atoms with Crippen molar-refractivity contribution >= 4 is 11.6 Å². The van der Waals surface area contributed by atoms with Gasteiger partial charge in [-0.3, -0.25) is 4.79 Å². The molecule has 1 atom stereocenters. The van der Waals surface area contributed by atoms with Gasteiger partial charge in [0.2, 0.25) is 5.91 Å². The fourth-order valence-electron chi connectivity index (χ4n) is 2.30. The van der Waals surface area contributed by atoms with E-state index in [0.29, 0.717) is 19.4 Å². The van der Waals surface area contributed by atoms with Crippen LogP contribution in [0.3, 0.4) is 0 Å². The number of ether oxygens (including phenoxy) is 2. The van der Waals surface area contributed by atoms with Crippen LogP contribution >= 0.6 is 0 Å². The predicted molar refractivity (Wildman–Crippen MR) is 62.2 cm³/mol. The summed E-state index contributed by atoms with van der Waals surface area (Å²) in [5.74, 6) is 1.52. The van der Waals surface area contributed by atoms with Gasteiger partial charge in [-0.05, 0) is 25.0 Å². The van der Waals surface area contributed by atoms with Gasteiger partial charge in [0.25, 0.3) is 6.29 Å². The van der Waals surface area contributed by atoms with E-state index in [4.69, 9.17) is 15.2 Å². The van der Waals surface area contributed by atoms with Gasteiger partial charge >= 0.3 is 0 Å². The number of nitrogens with two attached hydrogens (primary N) is 1. The van der Waals surface area contributed by atoms with E-state index < -0.39 is 6.29 Å². The molecule has 1 aromatic rings. The summed E-state index contributed by atoms with van der Waals surface area (Å²) in [6, 6.07) is 1.88. The molecule has 1 amide bonds. The summed E-state index contributed by atoms with van der Waals surface area (Å²) in [5, 5.41) is 2.88. The van der Waals surface area contributed by atoms with E-state index in [2.05, 4.69) is 5.32 Å². The highest BCUT2D eigenvalue weighted by Crippen LogP contribution is 2.45. The zero-order valence-corrected chi connectivity index (χ0v) is 9.58. The average Bonchev–Trinajstić information content (AvgIpc) is 2.72. The van der Waals surface area contributed by atoms with Crippen LogP contribution in [0.15, 0.2) is 6.07 Å². The molecule has 90 valence electrons. The second kappa shape index (κ2) is 3.63. The molecule has 0 bridgehead atoms. The Bertz CT molecular complexity index is 499. The maximum atomic E-state index is 11.4. The van der Waals surface area contributed by atoms with Crippen LogP contribution in [0.5, 0.6) is 11.5 Å². The number of benzene rings is 1. The molecule has 0 saturated carbocycles. The predicted octanol–water partition coefficient (Wildman–Crippen LogP) is 0.936. The monoisotopic (exact) mass is 234 g/mol. The second-order valence-corrected chi connectivity index (χ2v) is 4.32. The number of carbonyl (C=O) groups excluding carboxylic acids is 1. The molecular weight excluding hydrogens is 220 g/mol. The van der Waals surface area contributed by atoms with Crippen LogP contribution in [0.1, 0.15) is 17.5 Å². The average molecular weight is 234 g/mol. The number of hydrogen-bond acceptors (Lipinski definition) is 4. The largest absolute Gasteiger partial charge is 0.450 e. The SMILES string of the molecule is Cc1cc2c(c3c1NC(=O)CC3)OC(CN)O2.